The molecular formula is C8H18N2O3. The molecular weight excluding hydrogens is 172 g/mol. The SMILES string of the molecule is CCONCC(=O)NC(C)COC. The summed E-state index contributed by atoms with van der Waals surface area (Å²) in [5, 5.41) is 2.73. The topological polar surface area (TPSA) is 59.6 Å². The van der Waals surface area contributed by atoms with Crippen LogP contribution in [0.3, 0.4) is 0 Å². The Labute approximate surface area is 78.7 Å². The summed E-state index contributed by atoms with van der Waals surface area (Å²) in [7, 11) is 1.60. The molecule has 0 aliphatic carbocycles. The van der Waals surface area contributed by atoms with Crippen LogP contribution in [0, 0.1) is 0 Å². The number of carbonyl (C=O) groups excluding carboxylic acids is 1. The number of hydrogen-bond acceptors (Lipinski definition) is 4. The van der Waals surface area contributed by atoms with Crippen LogP contribution in [-0.2, 0) is 14.4 Å². The van der Waals surface area contributed by atoms with Crippen molar-refractivity contribution in [2.45, 2.75) is 19.9 Å². The van der Waals surface area contributed by atoms with Crippen molar-refractivity contribution < 1.29 is 14.4 Å². The van der Waals surface area contributed by atoms with Crippen LogP contribution in [0.1, 0.15) is 13.8 Å². The molecule has 5 heteroatoms. The number of hydroxylamine groups is 1. The van der Waals surface area contributed by atoms with E-state index in [2.05, 4.69) is 10.8 Å². The van der Waals surface area contributed by atoms with Gasteiger partial charge in [0, 0.05) is 13.2 Å². The van der Waals surface area contributed by atoms with Crippen LogP contribution in [0.2, 0.25) is 0 Å². The van der Waals surface area contributed by atoms with Gasteiger partial charge in [0.2, 0.25) is 5.91 Å². The van der Waals surface area contributed by atoms with E-state index in [0.29, 0.717) is 13.2 Å². The molecule has 0 aromatic carbocycles. The predicted octanol–water partition coefficient (Wildman–Crippen LogP) is -0.321. The molecule has 0 aliphatic heterocycles. The highest BCUT2D eigenvalue weighted by Crippen LogP contribution is 1.81. The molecule has 0 bridgehead atoms. The van der Waals surface area contributed by atoms with E-state index >= 15 is 0 Å². The fraction of sp³-hybridized carbons (Fsp3) is 0.875. The molecule has 0 aromatic rings. The summed E-state index contributed by atoms with van der Waals surface area (Å²) < 4.78 is 4.86. The van der Waals surface area contributed by atoms with Crippen molar-refractivity contribution in [2.24, 2.45) is 0 Å². The maximum Gasteiger partial charge on any atom is 0.236 e. The van der Waals surface area contributed by atoms with Gasteiger partial charge in [-0.15, -0.1) is 0 Å². The number of carbonyl (C=O) groups is 1. The zero-order valence-corrected chi connectivity index (χ0v) is 8.42. The highest BCUT2D eigenvalue weighted by Gasteiger charge is 2.05. The van der Waals surface area contributed by atoms with Crippen molar-refractivity contribution in [1.29, 1.82) is 0 Å². The van der Waals surface area contributed by atoms with E-state index in [1.54, 1.807) is 7.11 Å². The van der Waals surface area contributed by atoms with Gasteiger partial charge in [-0.2, -0.15) is 5.48 Å². The molecule has 0 aromatic heterocycles. The van der Waals surface area contributed by atoms with Gasteiger partial charge in [-0.3, -0.25) is 4.79 Å². The standard InChI is InChI=1S/C8H18N2O3/c1-4-13-9-5-8(11)10-7(2)6-12-3/h7,9H,4-6H2,1-3H3,(H,10,11). The van der Waals surface area contributed by atoms with E-state index < -0.39 is 0 Å². The average Bonchev–Trinajstić information content (AvgIpc) is 2.05. The van der Waals surface area contributed by atoms with Gasteiger partial charge in [-0.25, -0.2) is 0 Å². The van der Waals surface area contributed by atoms with Crippen LogP contribution >= 0.6 is 0 Å². The van der Waals surface area contributed by atoms with Crippen LogP contribution in [0.4, 0.5) is 0 Å². The van der Waals surface area contributed by atoms with Crippen molar-refractivity contribution in [1.82, 2.24) is 10.8 Å². The van der Waals surface area contributed by atoms with Crippen molar-refractivity contribution in [2.75, 3.05) is 26.9 Å². The minimum absolute atomic E-state index is 0.0286. The number of ether oxygens (including phenoxy) is 1. The molecule has 1 amide bonds. The van der Waals surface area contributed by atoms with Gasteiger partial charge in [0.1, 0.15) is 0 Å². The first-order valence-corrected chi connectivity index (χ1v) is 4.33. The largest absolute Gasteiger partial charge is 0.383 e. The van der Waals surface area contributed by atoms with Gasteiger partial charge in [-0.1, -0.05) is 0 Å². The highest BCUT2D eigenvalue weighted by atomic mass is 16.6. The zero-order valence-electron chi connectivity index (χ0n) is 8.42. The van der Waals surface area contributed by atoms with Crippen LogP contribution in [0.5, 0.6) is 0 Å². The fourth-order valence-electron chi connectivity index (χ4n) is 0.836. The lowest BCUT2D eigenvalue weighted by Crippen LogP contribution is -2.40. The highest BCUT2D eigenvalue weighted by molar-refractivity contribution is 5.78. The monoisotopic (exact) mass is 190 g/mol. The normalized spacial score (nSPS) is 12.5. The van der Waals surface area contributed by atoms with Crippen molar-refractivity contribution >= 4 is 5.91 Å². The second kappa shape index (κ2) is 7.97. The number of methoxy groups -OCH3 is 1. The molecule has 5 nitrogen and oxygen atoms in total. The zero-order chi connectivity index (χ0) is 10.1. The van der Waals surface area contributed by atoms with E-state index in [9.17, 15) is 4.79 Å². The van der Waals surface area contributed by atoms with Gasteiger partial charge in [0.15, 0.2) is 0 Å². The van der Waals surface area contributed by atoms with Crippen molar-refractivity contribution in [3.8, 4) is 0 Å². The number of amides is 1. The van der Waals surface area contributed by atoms with Gasteiger partial charge in [-0.05, 0) is 13.8 Å². The van der Waals surface area contributed by atoms with Gasteiger partial charge in [0.25, 0.3) is 0 Å². The van der Waals surface area contributed by atoms with Gasteiger partial charge >= 0.3 is 0 Å². The molecule has 0 heterocycles. The first-order valence-electron chi connectivity index (χ1n) is 4.33. The van der Waals surface area contributed by atoms with Gasteiger partial charge < -0.3 is 14.9 Å². The third-order valence-electron chi connectivity index (χ3n) is 1.30. The number of rotatable bonds is 7. The quantitative estimate of drug-likeness (QED) is 0.426. The molecule has 2 N–H and O–H groups in total. The number of hydrogen-bond donors (Lipinski definition) is 2. The minimum atomic E-state index is -0.0991. The summed E-state index contributed by atoms with van der Waals surface area (Å²) in [6.07, 6.45) is 0. The maximum atomic E-state index is 11.1. The third-order valence-corrected chi connectivity index (χ3v) is 1.30. The first-order chi connectivity index (χ1) is 6.20. The molecule has 78 valence electrons. The molecule has 0 fully saturated rings. The Balaban J connectivity index is 3.38. The second-order valence-corrected chi connectivity index (χ2v) is 2.68. The molecule has 0 saturated heterocycles. The summed E-state index contributed by atoms with van der Waals surface area (Å²) in [6.45, 7) is 4.95. The summed E-state index contributed by atoms with van der Waals surface area (Å²) in [5.74, 6) is -0.0991. The molecule has 1 unspecified atom stereocenters. The molecule has 0 aliphatic rings. The van der Waals surface area contributed by atoms with Crippen LogP contribution in [0.25, 0.3) is 0 Å². The summed E-state index contributed by atoms with van der Waals surface area (Å²) in [6, 6.07) is 0.0286. The molecule has 0 rings (SSSR count). The molecule has 0 spiro atoms. The fourth-order valence-corrected chi connectivity index (χ4v) is 0.836. The van der Waals surface area contributed by atoms with Crippen LogP contribution < -0.4 is 10.8 Å². The Kier molecular flexibility index (Phi) is 7.57. The third kappa shape index (κ3) is 7.70. The van der Waals surface area contributed by atoms with E-state index in [1.165, 1.54) is 0 Å². The van der Waals surface area contributed by atoms with Gasteiger partial charge in [0.05, 0.1) is 19.8 Å². The maximum absolute atomic E-state index is 11.1. The lowest BCUT2D eigenvalue weighted by Gasteiger charge is -2.12. The van der Waals surface area contributed by atoms with Crippen LogP contribution in [0.15, 0.2) is 0 Å². The van der Waals surface area contributed by atoms with E-state index in [1.807, 2.05) is 13.8 Å². The Morgan fingerprint density at radius 1 is 1.54 bits per heavy atom. The molecule has 13 heavy (non-hydrogen) atoms. The van der Waals surface area contributed by atoms with E-state index in [0.717, 1.165) is 0 Å². The van der Waals surface area contributed by atoms with Crippen molar-refractivity contribution in [3.63, 3.8) is 0 Å². The summed E-state index contributed by atoms with van der Waals surface area (Å²) >= 11 is 0. The minimum Gasteiger partial charge on any atom is -0.383 e. The summed E-state index contributed by atoms with van der Waals surface area (Å²) in [4.78, 5) is 15.9. The Bertz CT molecular complexity index is 141. The average molecular weight is 190 g/mol. The Morgan fingerprint density at radius 3 is 2.77 bits per heavy atom. The second-order valence-electron chi connectivity index (χ2n) is 2.68. The summed E-state index contributed by atoms with van der Waals surface area (Å²) in [5.41, 5.74) is 2.53. The van der Waals surface area contributed by atoms with Crippen LogP contribution in [-0.4, -0.2) is 38.8 Å². The first kappa shape index (κ1) is 12.3. The van der Waals surface area contributed by atoms with E-state index in [4.69, 9.17) is 9.57 Å². The van der Waals surface area contributed by atoms with Crippen molar-refractivity contribution in [3.05, 3.63) is 0 Å². The lowest BCUT2D eigenvalue weighted by atomic mass is 10.3. The lowest BCUT2D eigenvalue weighted by molar-refractivity contribution is -0.123. The Morgan fingerprint density at radius 2 is 2.23 bits per heavy atom. The smallest absolute Gasteiger partial charge is 0.236 e. The number of nitrogens with one attached hydrogen (secondary N) is 2. The van der Waals surface area contributed by atoms with E-state index in [-0.39, 0.29) is 18.5 Å². The Hall–Kier alpha value is -0.650. The molecule has 0 radical (unpaired) electrons. The predicted molar refractivity (Wildman–Crippen MR) is 49.1 cm³/mol. The molecule has 0 saturated carbocycles. The molecule has 1 atom stereocenters.